The van der Waals surface area contributed by atoms with Crippen molar-refractivity contribution in [1.29, 1.82) is 0 Å². The second-order valence-electron chi connectivity index (χ2n) is 6.60. The van der Waals surface area contributed by atoms with E-state index < -0.39 is 0 Å². The van der Waals surface area contributed by atoms with Gasteiger partial charge in [-0.25, -0.2) is 4.98 Å². The standard InChI is InChI=1S/C17H22N4/c1-12-11-15(19-16(18-12)20-17(2,3)4)21-10-9-13-7-5-6-8-14(13)21/h5-8,11H,9-10H2,1-4H3,(H,18,19,20). The first-order chi connectivity index (χ1) is 9.92. The highest BCUT2D eigenvalue weighted by atomic mass is 15.2. The van der Waals surface area contributed by atoms with Gasteiger partial charge in [0.1, 0.15) is 5.82 Å². The van der Waals surface area contributed by atoms with Crippen molar-refractivity contribution >= 4 is 17.5 Å². The van der Waals surface area contributed by atoms with Crippen molar-refractivity contribution in [3.8, 4) is 0 Å². The summed E-state index contributed by atoms with van der Waals surface area (Å²) < 4.78 is 0. The molecule has 0 atom stereocenters. The molecule has 0 aliphatic carbocycles. The van der Waals surface area contributed by atoms with Gasteiger partial charge in [-0.3, -0.25) is 0 Å². The Morgan fingerprint density at radius 3 is 2.67 bits per heavy atom. The molecule has 0 radical (unpaired) electrons. The minimum atomic E-state index is -0.0476. The van der Waals surface area contributed by atoms with Crippen LogP contribution in [0.4, 0.5) is 17.5 Å². The third kappa shape index (κ3) is 2.99. The molecule has 1 aromatic carbocycles. The van der Waals surface area contributed by atoms with Crippen LogP contribution in [0, 0.1) is 6.92 Å². The van der Waals surface area contributed by atoms with Crippen molar-refractivity contribution in [2.45, 2.75) is 39.7 Å². The molecule has 0 spiro atoms. The second kappa shape index (κ2) is 5.02. The van der Waals surface area contributed by atoms with Crippen molar-refractivity contribution in [2.75, 3.05) is 16.8 Å². The quantitative estimate of drug-likeness (QED) is 0.912. The van der Waals surface area contributed by atoms with Crippen LogP contribution in [0.1, 0.15) is 32.0 Å². The van der Waals surface area contributed by atoms with Crippen molar-refractivity contribution in [1.82, 2.24) is 9.97 Å². The first kappa shape index (κ1) is 13.9. The normalized spacial score (nSPS) is 14.2. The number of para-hydroxylation sites is 1. The highest BCUT2D eigenvalue weighted by Gasteiger charge is 2.22. The molecule has 1 aromatic heterocycles. The fourth-order valence-electron chi connectivity index (χ4n) is 2.66. The largest absolute Gasteiger partial charge is 0.350 e. The Hall–Kier alpha value is -2.10. The molecule has 4 heteroatoms. The average molecular weight is 282 g/mol. The molecule has 3 rings (SSSR count). The molecule has 4 nitrogen and oxygen atoms in total. The number of anilines is 3. The molecule has 2 heterocycles. The van der Waals surface area contributed by atoms with Crippen LogP contribution in [0.2, 0.25) is 0 Å². The zero-order chi connectivity index (χ0) is 15.0. The maximum absolute atomic E-state index is 4.70. The Kier molecular flexibility index (Phi) is 3.32. The fourth-order valence-corrected chi connectivity index (χ4v) is 2.66. The summed E-state index contributed by atoms with van der Waals surface area (Å²) in [7, 11) is 0. The van der Waals surface area contributed by atoms with Crippen LogP contribution in [-0.4, -0.2) is 22.1 Å². The van der Waals surface area contributed by atoms with E-state index in [1.54, 1.807) is 0 Å². The molecular weight excluding hydrogens is 260 g/mol. The van der Waals surface area contributed by atoms with Gasteiger partial charge in [-0.15, -0.1) is 0 Å². The molecule has 0 bridgehead atoms. The van der Waals surface area contributed by atoms with Gasteiger partial charge >= 0.3 is 0 Å². The second-order valence-corrected chi connectivity index (χ2v) is 6.60. The van der Waals surface area contributed by atoms with Crippen LogP contribution >= 0.6 is 0 Å². The molecule has 0 amide bonds. The number of nitrogens with zero attached hydrogens (tertiary/aromatic N) is 3. The number of hydrogen-bond acceptors (Lipinski definition) is 4. The van der Waals surface area contributed by atoms with E-state index in [1.807, 2.05) is 6.92 Å². The van der Waals surface area contributed by atoms with Gasteiger partial charge in [0.05, 0.1) is 0 Å². The molecule has 0 unspecified atom stereocenters. The van der Waals surface area contributed by atoms with Crippen LogP contribution in [0.5, 0.6) is 0 Å². The van der Waals surface area contributed by atoms with Gasteiger partial charge in [-0.1, -0.05) is 18.2 Å². The van der Waals surface area contributed by atoms with Crippen LogP contribution in [0.25, 0.3) is 0 Å². The highest BCUT2D eigenvalue weighted by molar-refractivity contribution is 5.68. The number of nitrogens with one attached hydrogen (secondary N) is 1. The van der Waals surface area contributed by atoms with E-state index in [-0.39, 0.29) is 5.54 Å². The number of hydrogen-bond donors (Lipinski definition) is 1. The summed E-state index contributed by atoms with van der Waals surface area (Å²) >= 11 is 0. The zero-order valence-corrected chi connectivity index (χ0v) is 13.1. The molecule has 0 saturated heterocycles. The SMILES string of the molecule is Cc1cc(N2CCc3ccccc32)nc(NC(C)(C)C)n1. The number of benzene rings is 1. The molecule has 110 valence electrons. The van der Waals surface area contributed by atoms with E-state index >= 15 is 0 Å². The molecule has 1 aliphatic heterocycles. The van der Waals surface area contributed by atoms with Gasteiger partial charge in [-0.05, 0) is 45.7 Å². The number of fused-ring (bicyclic) bond motifs is 1. The maximum Gasteiger partial charge on any atom is 0.225 e. The van der Waals surface area contributed by atoms with Crippen LogP contribution in [-0.2, 0) is 6.42 Å². The topological polar surface area (TPSA) is 41.1 Å². The third-order valence-electron chi connectivity index (χ3n) is 3.49. The van der Waals surface area contributed by atoms with E-state index in [9.17, 15) is 0 Å². The molecule has 0 fully saturated rings. The van der Waals surface area contributed by atoms with Crippen LogP contribution < -0.4 is 10.2 Å². The Morgan fingerprint density at radius 1 is 1.14 bits per heavy atom. The summed E-state index contributed by atoms with van der Waals surface area (Å²) in [6.45, 7) is 9.34. The zero-order valence-electron chi connectivity index (χ0n) is 13.1. The van der Waals surface area contributed by atoms with E-state index in [4.69, 9.17) is 4.98 Å². The summed E-state index contributed by atoms with van der Waals surface area (Å²) in [5.74, 6) is 1.67. The van der Waals surface area contributed by atoms with Gasteiger partial charge in [0.25, 0.3) is 0 Å². The van der Waals surface area contributed by atoms with Gasteiger partial charge < -0.3 is 10.2 Å². The molecule has 21 heavy (non-hydrogen) atoms. The van der Waals surface area contributed by atoms with Gasteiger partial charge in [-0.2, -0.15) is 4.98 Å². The van der Waals surface area contributed by atoms with Crippen molar-refractivity contribution in [2.24, 2.45) is 0 Å². The molecule has 1 N–H and O–H groups in total. The molecule has 2 aromatic rings. The minimum Gasteiger partial charge on any atom is -0.350 e. The lowest BCUT2D eigenvalue weighted by Crippen LogP contribution is -2.28. The van der Waals surface area contributed by atoms with Crippen molar-refractivity contribution in [3.05, 3.63) is 41.6 Å². The Morgan fingerprint density at radius 2 is 1.90 bits per heavy atom. The van der Waals surface area contributed by atoms with Crippen molar-refractivity contribution < 1.29 is 0 Å². The van der Waals surface area contributed by atoms with E-state index in [0.29, 0.717) is 5.95 Å². The Balaban J connectivity index is 1.97. The number of aromatic nitrogens is 2. The Bertz CT molecular complexity index is 658. The predicted octanol–water partition coefficient (Wildman–Crippen LogP) is 3.69. The fraction of sp³-hybridized carbons (Fsp3) is 0.412. The van der Waals surface area contributed by atoms with Crippen LogP contribution in [0.15, 0.2) is 30.3 Å². The monoisotopic (exact) mass is 282 g/mol. The summed E-state index contributed by atoms with van der Waals surface area (Å²) in [5, 5.41) is 3.36. The van der Waals surface area contributed by atoms with Gasteiger partial charge in [0, 0.05) is 29.5 Å². The van der Waals surface area contributed by atoms with Gasteiger partial charge in [0.15, 0.2) is 0 Å². The smallest absolute Gasteiger partial charge is 0.225 e. The Labute approximate surface area is 126 Å². The van der Waals surface area contributed by atoms with Gasteiger partial charge in [0.2, 0.25) is 5.95 Å². The predicted molar refractivity (Wildman–Crippen MR) is 87.3 cm³/mol. The lowest BCUT2D eigenvalue weighted by atomic mass is 10.1. The summed E-state index contributed by atoms with van der Waals surface area (Å²) in [6, 6.07) is 10.6. The summed E-state index contributed by atoms with van der Waals surface area (Å²) in [4.78, 5) is 11.5. The first-order valence-electron chi connectivity index (χ1n) is 7.42. The van der Waals surface area contributed by atoms with Crippen LogP contribution in [0.3, 0.4) is 0 Å². The number of rotatable bonds is 2. The minimum absolute atomic E-state index is 0.0476. The van der Waals surface area contributed by atoms with E-state index in [0.717, 1.165) is 24.5 Å². The molecule has 0 saturated carbocycles. The lowest BCUT2D eigenvalue weighted by Gasteiger charge is -2.23. The van der Waals surface area contributed by atoms with Crippen molar-refractivity contribution in [3.63, 3.8) is 0 Å². The highest BCUT2D eigenvalue weighted by Crippen LogP contribution is 2.33. The molecule has 1 aliphatic rings. The third-order valence-corrected chi connectivity index (χ3v) is 3.49. The summed E-state index contributed by atoms with van der Waals surface area (Å²) in [6.07, 6.45) is 1.07. The van der Waals surface area contributed by atoms with E-state index in [1.165, 1.54) is 11.3 Å². The average Bonchev–Trinajstić information content (AvgIpc) is 2.79. The van der Waals surface area contributed by atoms with E-state index in [2.05, 4.69) is 66.3 Å². The lowest BCUT2D eigenvalue weighted by molar-refractivity contribution is 0.625. The number of aryl methyl sites for hydroxylation is 1. The summed E-state index contributed by atoms with van der Waals surface area (Å²) in [5.41, 5.74) is 3.58. The molecular formula is C17H22N4. The first-order valence-corrected chi connectivity index (χ1v) is 7.42. The maximum atomic E-state index is 4.70.